The molecule has 2 nitrogen and oxygen atoms in total. The maximum absolute atomic E-state index is 3.88. The molecule has 0 saturated heterocycles. The fourth-order valence-corrected chi connectivity index (χ4v) is 1.18. The van der Waals surface area contributed by atoms with Gasteiger partial charge in [0.05, 0.1) is 12.4 Å². The molecule has 0 aromatic carbocycles. The van der Waals surface area contributed by atoms with Crippen molar-refractivity contribution in [2.24, 2.45) is 5.92 Å². The van der Waals surface area contributed by atoms with Gasteiger partial charge in [-0.05, 0) is 18.1 Å². The van der Waals surface area contributed by atoms with Gasteiger partial charge in [-0.1, -0.05) is 38.2 Å². The van der Waals surface area contributed by atoms with Gasteiger partial charge in [-0.2, -0.15) is 10.2 Å². The summed E-state index contributed by atoms with van der Waals surface area (Å²) in [6, 6.07) is 0. The smallest absolute Gasteiger partial charge is 0.0574 e. The summed E-state index contributed by atoms with van der Waals surface area (Å²) >= 11 is 0. The van der Waals surface area contributed by atoms with Gasteiger partial charge in [0.25, 0.3) is 0 Å². The Balaban J connectivity index is 3.30. The molecule has 0 N–H and O–H groups in total. The van der Waals surface area contributed by atoms with Gasteiger partial charge in [-0.3, -0.25) is 0 Å². The van der Waals surface area contributed by atoms with E-state index in [1.807, 2.05) is 25.2 Å². The maximum atomic E-state index is 3.88. The molecule has 1 aromatic rings. The van der Waals surface area contributed by atoms with Crippen molar-refractivity contribution in [3.8, 4) is 0 Å². The normalized spacial score (nSPS) is 14.6. The molecule has 0 aliphatic carbocycles. The standard InChI is InChI=1S/C12H16N2/c1-4-5-6-11-8-13-14-9-12(11)7-10(2)3/h4-10H,1-3H3/b5-4-,11-6-,12-7-. The van der Waals surface area contributed by atoms with Crippen molar-refractivity contribution in [2.75, 3.05) is 0 Å². The first kappa shape index (κ1) is 10.6. The predicted molar refractivity (Wildman–Crippen MR) is 59.9 cm³/mol. The Morgan fingerprint density at radius 3 is 2.36 bits per heavy atom. The second-order valence-corrected chi connectivity index (χ2v) is 3.50. The second-order valence-electron chi connectivity index (χ2n) is 3.50. The van der Waals surface area contributed by atoms with Crippen molar-refractivity contribution in [3.05, 3.63) is 35.0 Å². The highest BCUT2D eigenvalue weighted by Crippen LogP contribution is 1.89. The molecule has 0 saturated carbocycles. The Hall–Kier alpha value is -1.44. The summed E-state index contributed by atoms with van der Waals surface area (Å²) in [5.74, 6) is 0.525. The van der Waals surface area contributed by atoms with E-state index in [0.717, 1.165) is 10.4 Å². The van der Waals surface area contributed by atoms with Crippen molar-refractivity contribution in [2.45, 2.75) is 20.8 Å². The van der Waals surface area contributed by atoms with E-state index in [9.17, 15) is 0 Å². The summed E-state index contributed by atoms with van der Waals surface area (Å²) < 4.78 is 0. The zero-order valence-electron chi connectivity index (χ0n) is 8.94. The second kappa shape index (κ2) is 5.32. The molecule has 0 bridgehead atoms. The zero-order chi connectivity index (χ0) is 10.4. The first-order valence-corrected chi connectivity index (χ1v) is 4.85. The Bertz CT molecular complexity index is 416. The van der Waals surface area contributed by atoms with Crippen LogP contribution in [0, 0.1) is 5.92 Å². The molecule has 0 atom stereocenters. The van der Waals surface area contributed by atoms with Gasteiger partial charge >= 0.3 is 0 Å². The highest BCUT2D eigenvalue weighted by atomic mass is 15.1. The lowest BCUT2D eigenvalue weighted by Crippen LogP contribution is -2.26. The van der Waals surface area contributed by atoms with Crippen molar-refractivity contribution < 1.29 is 0 Å². The fraction of sp³-hybridized carbons (Fsp3) is 0.333. The van der Waals surface area contributed by atoms with Crippen LogP contribution in [0.3, 0.4) is 0 Å². The van der Waals surface area contributed by atoms with Gasteiger partial charge in [0.15, 0.2) is 0 Å². The van der Waals surface area contributed by atoms with Crippen molar-refractivity contribution in [1.82, 2.24) is 10.2 Å². The van der Waals surface area contributed by atoms with Crippen LogP contribution in [0.2, 0.25) is 0 Å². The van der Waals surface area contributed by atoms with Crippen LogP contribution < -0.4 is 10.4 Å². The van der Waals surface area contributed by atoms with E-state index in [1.54, 1.807) is 12.4 Å². The summed E-state index contributed by atoms with van der Waals surface area (Å²) in [7, 11) is 0. The maximum Gasteiger partial charge on any atom is 0.0574 e. The number of hydrogen-bond donors (Lipinski definition) is 0. The molecule has 14 heavy (non-hydrogen) atoms. The Morgan fingerprint density at radius 1 is 1.14 bits per heavy atom. The van der Waals surface area contributed by atoms with Gasteiger partial charge < -0.3 is 0 Å². The molecule has 74 valence electrons. The van der Waals surface area contributed by atoms with Gasteiger partial charge in [0.2, 0.25) is 0 Å². The Kier molecular flexibility index (Phi) is 4.05. The number of aromatic nitrogens is 2. The fourth-order valence-electron chi connectivity index (χ4n) is 1.18. The third-order valence-electron chi connectivity index (χ3n) is 1.77. The number of hydrogen-bond acceptors (Lipinski definition) is 2. The van der Waals surface area contributed by atoms with Crippen LogP contribution in [0.25, 0.3) is 12.2 Å². The number of rotatable bonds is 2. The zero-order valence-corrected chi connectivity index (χ0v) is 8.94. The summed E-state index contributed by atoms with van der Waals surface area (Å²) in [4.78, 5) is 0. The Labute approximate surface area is 84.7 Å². The number of allylic oxidation sites excluding steroid dienone is 2. The van der Waals surface area contributed by atoms with Crippen LogP contribution >= 0.6 is 0 Å². The van der Waals surface area contributed by atoms with Crippen molar-refractivity contribution >= 4 is 12.2 Å². The molecule has 0 fully saturated rings. The van der Waals surface area contributed by atoms with Gasteiger partial charge in [0, 0.05) is 5.22 Å². The molecular formula is C12H16N2. The molecule has 0 aliphatic heterocycles. The van der Waals surface area contributed by atoms with Crippen LogP contribution in [-0.2, 0) is 0 Å². The Morgan fingerprint density at radius 2 is 1.79 bits per heavy atom. The van der Waals surface area contributed by atoms with Crippen LogP contribution in [-0.4, -0.2) is 10.2 Å². The van der Waals surface area contributed by atoms with E-state index >= 15 is 0 Å². The molecule has 0 spiro atoms. The van der Waals surface area contributed by atoms with E-state index in [4.69, 9.17) is 0 Å². The monoisotopic (exact) mass is 188 g/mol. The van der Waals surface area contributed by atoms with E-state index in [0.29, 0.717) is 5.92 Å². The molecule has 1 rings (SSSR count). The lowest BCUT2D eigenvalue weighted by molar-refractivity contribution is 0.876. The topological polar surface area (TPSA) is 25.8 Å². The van der Waals surface area contributed by atoms with Crippen LogP contribution in [0.1, 0.15) is 20.8 Å². The van der Waals surface area contributed by atoms with E-state index in [1.165, 1.54) is 0 Å². The van der Waals surface area contributed by atoms with Crippen LogP contribution in [0.5, 0.6) is 0 Å². The molecular weight excluding hydrogens is 172 g/mol. The SMILES string of the molecule is C\C=C/C=c1/cnnc/c1=C/C(C)C. The van der Waals surface area contributed by atoms with Crippen LogP contribution in [0.15, 0.2) is 24.5 Å². The van der Waals surface area contributed by atoms with Gasteiger partial charge in [-0.15, -0.1) is 0 Å². The highest BCUT2D eigenvalue weighted by Gasteiger charge is 1.88. The molecule has 1 heterocycles. The van der Waals surface area contributed by atoms with Crippen LogP contribution in [0.4, 0.5) is 0 Å². The van der Waals surface area contributed by atoms with Gasteiger partial charge in [0.1, 0.15) is 0 Å². The lowest BCUT2D eigenvalue weighted by atomic mass is 10.1. The molecule has 0 amide bonds. The van der Waals surface area contributed by atoms with Crippen molar-refractivity contribution in [3.63, 3.8) is 0 Å². The molecule has 0 aliphatic rings. The first-order valence-electron chi connectivity index (χ1n) is 4.85. The molecule has 2 heteroatoms. The van der Waals surface area contributed by atoms with E-state index in [-0.39, 0.29) is 0 Å². The molecule has 1 aromatic heterocycles. The highest BCUT2D eigenvalue weighted by molar-refractivity contribution is 5.38. The largest absolute Gasteiger partial charge is 0.159 e. The van der Waals surface area contributed by atoms with E-state index < -0.39 is 0 Å². The number of nitrogens with zero attached hydrogens (tertiary/aromatic N) is 2. The average molecular weight is 188 g/mol. The van der Waals surface area contributed by atoms with Gasteiger partial charge in [-0.25, -0.2) is 0 Å². The lowest BCUT2D eigenvalue weighted by Gasteiger charge is -1.93. The quantitative estimate of drug-likeness (QED) is 0.698. The van der Waals surface area contributed by atoms with Crippen molar-refractivity contribution in [1.29, 1.82) is 0 Å². The average Bonchev–Trinajstić information content (AvgIpc) is 2.16. The predicted octanol–water partition coefficient (Wildman–Crippen LogP) is 1.27. The third kappa shape index (κ3) is 3.13. The first-order chi connectivity index (χ1) is 6.74. The summed E-state index contributed by atoms with van der Waals surface area (Å²) in [6.07, 6.45) is 11.8. The summed E-state index contributed by atoms with van der Waals surface area (Å²) in [5, 5.41) is 10.0. The summed E-state index contributed by atoms with van der Waals surface area (Å²) in [6.45, 7) is 6.30. The molecule has 0 radical (unpaired) electrons. The summed E-state index contributed by atoms with van der Waals surface area (Å²) in [5.41, 5.74) is 0. The minimum absolute atomic E-state index is 0.525. The molecule has 0 unspecified atom stereocenters. The minimum Gasteiger partial charge on any atom is -0.159 e. The van der Waals surface area contributed by atoms with E-state index in [2.05, 4.69) is 30.1 Å². The minimum atomic E-state index is 0.525. The third-order valence-corrected chi connectivity index (χ3v) is 1.77.